The number of benzene rings is 2. The van der Waals surface area contributed by atoms with Crippen LogP contribution in [-0.2, 0) is 0 Å². The molecule has 1 aliphatic rings. The van der Waals surface area contributed by atoms with E-state index in [4.69, 9.17) is 15.2 Å². The van der Waals surface area contributed by atoms with Crippen molar-refractivity contribution in [2.75, 3.05) is 17.8 Å². The van der Waals surface area contributed by atoms with Crippen LogP contribution in [0.4, 0.5) is 11.4 Å². The molecule has 0 saturated carbocycles. The van der Waals surface area contributed by atoms with Gasteiger partial charge in [0.15, 0.2) is 11.5 Å². The highest BCUT2D eigenvalue weighted by atomic mass is 16.7. The number of amides is 1. The molecule has 0 aromatic heterocycles. The topological polar surface area (TPSA) is 73.6 Å². The second-order valence-electron chi connectivity index (χ2n) is 4.15. The number of carbonyl (C=O) groups excluding carboxylic acids is 1. The fraction of sp³-hybridized carbons (Fsp3) is 0.0714. The molecule has 0 fully saturated rings. The molecule has 5 heteroatoms. The number of hydrogen-bond acceptors (Lipinski definition) is 4. The van der Waals surface area contributed by atoms with Gasteiger partial charge in [0.1, 0.15) is 0 Å². The highest BCUT2D eigenvalue weighted by molar-refractivity contribution is 6.04. The summed E-state index contributed by atoms with van der Waals surface area (Å²) in [7, 11) is 0. The van der Waals surface area contributed by atoms with Crippen LogP contribution in [0.1, 0.15) is 10.4 Å². The van der Waals surface area contributed by atoms with Crippen LogP contribution in [-0.4, -0.2) is 12.7 Å². The van der Waals surface area contributed by atoms with Gasteiger partial charge in [-0.2, -0.15) is 0 Å². The van der Waals surface area contributed by atoms with E-state index in [2.05, 4.69) is 5.32 Å². The molecule has 1 heterocycles. The number of nitrogens with two attached hydrogens (primary N) is 1. The van der Waals surface area contributed by atoms with Crippen molar-refractivity contribution in [1.29, 1.82) is 0 Å². The zero-order valence-corrected chi connectivity index (χ0v) is 10.1. The van der Waals surface area contributed by atoms with Crippen LogP contribution >= 0.6 is 0 Å². The first-order chi connectivity index (χ1) is 9.22. The minimum atomic E-state index is -0.217. The number of nitrogens with one attached hydrogen (secondary N) is 1. The number of ether oxygens (including phenoxy) is 2. The summed E-state index contributed by atoms with van der Waals surface area (Å²) in [6, 6.07) is 12.1. The van der Waals surface area contributed by atoms with Crippen LogP contribution in [0.5, 0.6) is 11.5 Å². The Morgan fingerprint density at radius 1 is 1.11 bits per heavy atom. The summed E-state index contributed by atoms with van der Waals surface area (Å²) < 4.78 is 10.5. The molecule has 19 heavy (non-hydrogen) atoms. The van der Waals surface area contributed by atoms with Gasteiger partial charge in [-0.15, -0.1) is 0 Å². The Hall–Kier alpha value is -2.69. The van der Waals surface area contributed by atoms with E-state index in [0.717, 1.165) is 0 Å². The summed E-state index contributed by atoms with van der Waals surface area (Å²) >= 11 is 0. The first-order valence-electron chi connectivity index (χ1n) is 5.79. The molecule has 0 aliphatic carbocycles. The SMILES string of the molecule is Nc1cccc(C(=O)Nc2ccc3c(c2)OCO3)c1. The van der Waals surface area contributed by atoms with E-state index >= 15 is 0 Å². The Balaban J connectivity index is 1.80. The number of anilines is 2. The van der Waals surface area contributed by atoms with Gasteiger partial charge < -0.3 is 20.5 Å². The van der Waals surface area contributed by atoms with Crippen molar-refractivity contribution in [2.24, 2.45) is 0 Å². The van der Waals surface area contributed by atoms with Crippen molar-refractivity contribution in [3.05, 3.63) is 48.0 Å². The largest absolute Gasteiger partial charge is 0.454 e. The first kappa shape index (κ1) is 11.4. The highest BCUT2D eigenvalue weighted by Crippen LogP contribution is 2.34. The van der Waals surface area contributed by atoms with Gasteiger partial charge in [-0.25, -0.2) is 0 Å². The number of rotatable bonds is 2. The molecule has 0 atom stereocenters. The summed E-state index contributed by atoms with van der Waals surface area (Å²) in [5.74, 6) is 1.10. The van der Waals surface area contributed by atoms with Crippen LogP contribution in [0.2, 0.25) is 0 Å². The predicted octanol–water partition coefficient (Wildman–Crippen LogP) is 2.25. The van der Waals surface area contributed by atoms with E-state index in [1.807, 2.05) is 0 Å². The van der Waals surface area contributed by atoms with E-state index in [0.29, 0.717) is 28.4 Å². The molecule has 2 aromatic carbocycles. The zero-order chi connectivity index (χ0) is 13.2. The van der Waals surface area contributed by atoms with Gasteiger partial charge in [0.2, 0.25) is 6.79 Å². The molecule has 2 aromatic rings. The summed E-state index contributed by atoms with van der Waals surface area (Å²) in [6.07, 6.45) is 0. The van der Waals surface area contributed by atoms with Gasteiger partial charge in [-0.05, 0) is 30.3 Å². The maximum atomic E-state index is 12.0. The van der Waals surface area contributed by atoms with E-state index in [1.165, 1.54) is 0 Å². The third kappa shape index (κ3) is 2.30. The number of carbonyl (C=O) groups is 1. The molecule has 5 nitrogen and oxygen atoms in total. The fourth-order valence-corrected chi connectivity index (χ4v) is 1.86. The third-order valence-electron chi connectivity index (χ3n) is 2.78. The normalized spacial score (nSPS) is 12.2. The summed E-state index contributed by atoms with van der Waals surface area (Å²) in [5, 5.41) is 2.79. The number of hydrogen-bond donors (Lipinski definition) is 2. The molecule has 3 rings (SSSR count). The van der Waals surface area contributed by atoms with Crippen molar-refractivity contribution in [2.45, 2.75) is 0 Å². The maximum absolute atomic E-state index is 12.0. The quantitative estimate of drug-likeness (QED) is 0.808. The molecule has 1 amide bonds. The lowest BCUT2D eigenvalue weighted by Gasteiger charge is -2.06. The molecular weight excluding hydrogens is 244 g/mol. The first-order valence-corrected chi connectivity index (χ1v) is 5.79. The van der Waals surface area contributed by atoms with Crippen molar-refractivity contribution >= 4 is 17.3 Å². The van der Waals surface area contributed by atoms with Gasteiger partial charge >= 0.3 is 0 Å². The van der Waals surface area contributed by atoms with E-state index in [-0.39, 0.29) is 12.7 Å². The Kier molecular flexibility index (Phi) is 2.72. The summed E-state index contributed by atoms with van der Waals surface area (Å²) in [4.78, 5) is 12.0. The second-order valence-corrected chi connectivity index (χ2v) is 4.15. The lowest BCUT2D eigenvalue weighted by molar-refractivity contribution is 0.102. The zero-order valence-electron chi connectivity index (χ0n) is 10.1. The van der Waals surface area contributed by atoms with Crippen LogP contribution in [0.25, 0.3) is 0 Å². The van der Waals surface area contributed by atoms with Crippen molar-refractivity contribution in [3.63, 3.8) is 0 Å². The van der Waals surface area contributed by atoms with Crippen LogP contribution < -0.4 is 20.5 Å². The number of fused-ring (bicyclic) bond motifs is 1. The molecule has 0 unspecified atom stereocenters. The lowest BCUT2D eigenvalue weighted by Crippen LogP contribution is -2.12. The standard InChI is InChI=1S/C14H12N2O3/c15-10-3-1-2-9(6-10)14(17)16-11-4-5-12-13(7-11)19-8-18-12/h1-7H,8,15H2,(H,16,17). The lowest BCUT2D eigenvalue weighted by atomic mass is 10.2. The van der Waals surface area contributed by atoms with Crippen LogP contribution in [0.15, 0.2) is 42.5 Å². The molecule has 3 N–H and O–H groups in total. The number of nitrogen functional groups attached to an aromatic ring is 1. The average Bonchev–Trinajstić information content (AvgIpc) is 2.86. The molecule has 0 bridgehead atoms. The van der Waals surface area contributed by atoms with Crippen molar-refractivity contribution in [3.8, 4) is 11.5 Å². The van der Waals surface area contributed by atoms with Gasteiger partial charge in [0.25, 0.3) is 5.91 Å². The second kappa shape index (κ2) is 4.53. The molecule has 0 spiro atoms. The van der Waals surface area contributed by atoms with E-state index in [1.54, 1.807) is 42.5 Å². The summed E-state index contributed by atoms with van der Waals surface area (Å²) in [5.41, 5.74) is 7.36. The average molecular weight is 256 g/mol. The summed E-state index contributed by atoms with van der Waals surface area (Å²) in [6.45, 7) is 0.210. The van der Waals surface area contributed by atoms with E-state index in [9.17, 15) is 4.79 Å². The molecule has 0 saturated heterocycles. The third-order valence-corrected chi connectivity index (χ3v) is 2.78. The molecule has 96 valence electrons. The van der Waals surface area contributed by atoms with E-state index < -0.39 is 0 Å². The van der Waals surface area contributed by atoms with Crippen molar-refractivity contribution < 1.29 is 14.3 Å². The van der Waals surface area contributed by atoms with Gasteiger partial charge in [0, 0.05) is 23.0 Å². The fourth-order valence-electron chi connectivity index (χ4n) is 1.86. The smallest absolute Gasteiger partial charge is 0.255 e. The molecule has 0 radical (unpaired) electrons. The Bertz CT molecular complexity index is 640. The molecule has 1 aliphatic heterocycles. The van der Waals surface area contributed by atoms with Crippen molar-refractivity contribution in [1.82, 2.24) is 0 Å². The monoisotopic (exact) mass is 256 g/mol. The Labute approximate surface area is 109 Å². The maximum Gasteiger partial charge on any atom is 0.255 e. The molecular formula is C14H12N2O3. The minimum absolute atomic E-state index is 0.210. The Morgan fingerprint density at radius 3 is 2.79 bits per heavy atom. The highest BCUT2D eigenvalue weighted by Gasteiger charge is 2.14. The Morgan fingerprint density at radius 2 is 1.95 bits per heavy atom. The van der Waals surface area contributed by atoms with Gasteiger partial charge in [-0.3, -0.25) is 4.79 Å². The predicted molar refractivity (Wildman–Crippen MR) is 71.4 cm³/mol. The minimum Gasteiger partial charge on any atom is -0.454 e. The van der Waals surface area contributed by atoms with Crippen LogP contribution in [0, 0.1) is 0 Å². The van der Waals surface area contributed by atoms with Gasteiger partial charge in [-0.1, -0.05) is 6.07 Å². The van der Waals surface area contributed by atoms with Crippen LogP contribution in [0.3, 0.4) is 0 Å². The van der Waals surface area contributed by atoms with Gasteiger partial charge in [0.05, 0.1) is 0 Å².